The predicted octanol–water partition coefficient (Wildman–Crippen LogP) is 5.27. The third kappa shape index (κ3) is 4.61. The van der Waals surface area contributed by atoms with Crippen molar-refractivity contribution in [1.82, 2.24) is 10.0 Å². The minimum Gasteiger partial charge on any atom is -0.379 e. The van der Waals surface area contributed by atoms with Crippen molar-refractivity contribution in [2.45, 2.75) is 29.3 Å². The highest BCUT2D eigenvalue weighted by atomic mass is 32.2. The molecule has 1 saturated heterocycles. The van der Waals surface area contributed by atoms with Crippen molar-refractivity contribution in [3.05, 3.63) is 48.0 Å². The Hall–Kier alpha value is -1.74. The van der Waals surface area contributed by atoms with Crippen LogP contribution < -0.4 is 4.90 Å². The Morgan fingerprint density at radius 2 is 1.77 bits per heavy atom. The first kappa shape index (κ1) is 21.5. The molecule has 0 amide bonds. The number of hydrogen-bond donors (Lipinski definition) is 0. The van der Waals surface area contributed by atoms with E-state index in [4.69, 9.17) is 4.74 Å². The summed E-state index contributed by atoms with van der Waals surface area (Å²) >= 11 is 1.53. The summed E-state index contributed by atoms with van der Waals surface area (Å²) < 4.78 is 45.5. The first-order chi connectivity index (χ1) is 14.5. The summed E-state index contributed by atoms with van der Waals surface area (Å²) in [5, 5.41) is 4.64. The van der Waals surface area contributed by atoms with Gasteiger partial charge in [0.05, 0.1) is 30.2 Å². The van der Waals surface area contributed by atoms with Crippen molar-refractivity contribution < 1.29 is 17.9 Å². The molecule has 162 valence electrons. The molecule has 0 aromatic heterocycles. The lowest BCUT2D eigenvalue weighted by Gasteiger charge is -2.38. The molecule has 2 aromatic carbocycles. The molecule has 0 saturated carbocycles. The molecule has 8 heteroatoms. The molecule has 0 unspecified atom stereocenters. The number of ether oxygens (including phenoxy) is 1. The van der Waals surface area contributed by atoms with Gasteiger partial charge in [0.15, 0.2) is 0 Å². The maximum absolute atomic E-state index is 13.3. The van der Waals surface area contributed by atoms with Crippen molar-refractivity contribution >= 4 is 23.1 Å². The van der Waals surface area contributed by atoms with Crippen LogP contribution in [0.3, 0.4) is 0 Å². The average molecular weight is 438 g/mol. The van der Waals surface area contributed by atoms with Crippen LogP contribution in [0.2, 0.25) is 0 Å². The number of fused-ring (bicyclic) bond motifs is 2. The van der Waals surface area contributed by atoms with E-state index in [2.05, 4.69) is 16.9 Å². The van der Waals surface area contributed by atoms with Crippen LogP contribution >= 0.6 is 11.8 Å². The SMILES string of the molecule is CCN(CCCN1c2ccccc2Sc2ccc(C(F)(F)F)cc21)N1CCOCC1. The van der Waals surface area contributed by atoms with E-state index in [0.29, 0.717) is 12.2 Å². The predicted molar refractivity (Wildman–Crippen MR) is 113 cm³/mol. The van der Waals surface area contributed by atoms with Crippen LogP contribution in [0.5, 0.6) is 0 Å². The number of rotatable bonds is 6. The Labute approximate surface area is 179 Å². The largest absolute Gasteiger partial charge is 0.416 e. The molecule has 2 aliphatic rings. The minimum absolute atomic E-state index is 0.602. The lowest BCUT2D eigenvalue weighted by atomic mass is 10.1. The Morgan fingerprint density at radius 1 is 1.03 bits per heavy atom. The van der Waals surface area contributed by atoms with Gasteiger partial charge in [-0.3, -0.25) is 0 Å². The van der Waals surface area contributed by atoms with Gasteiger partial charge in [-0.15, -0.1) is 0 Å². The van der Waals surface area contributed by atoms with Crippen LogP contribution in [0.15, 0.2) is 52.3 Å². The molecule has 0 radical (unpaired) electrons. The molecule has 2 aliphatic heterocycles. The van der Waals surface area contributed by atoms with Crippen LogP contribution in [-0.4, -0.2) is 56.0 Å². The van der Waals surface area contributed by atoms with Gasteiger partial charge in [-0.05, 0) is 36.8 Å². The van der Waals surface area contributed by atoms with Crippen molar-refractivity contribution in [3.8, 4) is 0 Å². The molecule has 0 spiro atoms. The first-order valence-corrected chi connectivity index (χ1v) is 11.1. The van der Waals surface area contributed by atoms with Crippen molar-refractivity contribution in [1.29, 1.82) is 0 Å². The second-order valence-electron chi connectivity index (χ2n) is 7.37. The molecule has 0 bridgehead atoms. The van der Waals surface area contributed by atoms with Gasteiger partial charge in [-0.1, -0.05) is 30.8 Å². The number of morpholine rings is 1. The zero-order valence-electron chi connectivity index (χ0n) is 17.0. The monoisotopic (exact) mass is 437 g/mol. The van der Waals surface area contributed by atoms with E-state index in [-0.39, 0.29) is 0 Å². The number of benzene rings is 2. The zero-order chi connectivity index (χ0) is 21.1. The van der Waals surface area contributed by atoms with Gasteiger partial charge in [0, 0.05) is 42.5 Å². The fourth-order valence-corrected chi connectivity index (χ4v) is 5.07. The summed E-state index contributed by atoms with van der Waals surface area (Å²) in [7, 11) is 0. The summed E-state index contributed by atoms with van der Waals surface area (Å²) in [6.07, 6.45) is -3.50. The molecule has 1 fully saturated rings. The number of halogens is 3. The van der Waals surface area contributed by atoms with Gasteiger partial charge >= 0.3 is 6.18 Å². The fraction of sp³-hybridized carbons (Fsp3) is 0.455. The van der Waals surface area contributed by atoms with Gasteiger partial charge in [0.1, 0.15) is 0 Å². The van der Waals surface area contributed by atoms with Gasteiger partial charge < -0.3 is 9.64 Å². The number of nitrogens with zero attached hydrogens (tertiary/aromatic N) is 3. The molecule has 4 rings (SSSR count). The standard InChI is InChI=1S/C22H26F3N3OS/c1-2-26(27-12-14-29-15-13-27)10-5-11-28-18-6-3-4-7-20(18)30-21-9-8-17(16-19(21)28)22(23,24)25/h3-4,6-9,16H,2,5,10-15H2,1H3. The van der Waals surface area contributed by atoms with Crippen LogP contribution in [0.1, 0.15) is 18.9 Å². The number of hydrazine groups is 1. The summed E-state index contributed by atoms with van der Waals surface area (Å²) in [4.78, 5) is 3.98. The number of anilines is 2. The molecule has 2 aromatic rings. The van der Waals surface area contributed by atoms with E-state index in [9.17, 15) is 13.2 Å². The second kappa shape index (κ2) is 9.18. The third-order valence-corrected chi connectivity index (χ3v) is 6.63. The third-order valence-electron chi connectivity index (χ3n) is 5.50. The van der Waals surface area contributed by atoms with Crippen LogP contribution in [0, 0.1) is 0 Å². The Bertz CT molecular complexity index is 871. The molecular formula is C22H26F3N3OS. The number of hydrogen-bond acceptors (Lipinski definition) is 5. The topological polar surface area (TPSA) is 19.0 Å². The van der Waals surface area contributed by atoms with E-state index in [1.807, 2.05) is 29.2 Å². The quantitative estimate of drug-likeness (QED) is 0.612. The highest BCUT2D eigenvalue weighted by Crippen LogP contribution is 2.49. The summed E-state index contributed by atoms with van der Waals surface area (Å²) in [5.74, 6) is 0. The van der Waals surface area contributed by atoms with Crippen LogP contribution in [-0.2, 0) is 10.9 Å². The molecule has 0 N–H and O–H groups in total. The number of alkyl halides is 3. The average Bonchev–Trinajstić information content (AvgIpc) is 2.75. The molecule has 30 heavy (non-hydrogen) atoms. The highest BCUT2D eigenvalue weighted by Gasteiger charge is 2.33. The molecule has 0 aliphatic carbocycles. The Kier molecular flexibility index (Phi) is 6.57. The van der Waals surface area contributed by atoms with E-state index < -0.39 is 11.7 Å². The van der Waals surface area contributed by atoms with Crippen LogP contribution in [0.4, 0.5) is 24.5 Å². The molecule has 2 heterocycles. The van der Waals surface area contributed by atoms with Gasteiger partial charge in [0.2, 0.25) is 0 Å². The highest BCUT2D eigenvalue weighted by molar-refractivity contribution is 7.99. The summed E-state index contributed by atoms with van der Waals surface area (Å²) in [5.41, 5.74) is 1.02. The van der Waals surface area contributed by atoms with E-state index >= 15 is 0 Å². The molecule has 0 atom stereocenters. The van der Waals surface area contributed by atoms with Crippen LogP contribution in [0.25, 0.3) is 0 Å². The Balaban J connectivity index is 1.54. The Morgan fingerprint density at radius 3 is 2.50 bits per heavy atom. The number of para-hydroxylation sites is 1. The molecular weight excluding hydrogens is 411 g/mol. The van der Waals surface area contributed by atoms with Gasteiger partial charge in [-0.2, -0.15) is 13.2 Å². The minimum atomic E-state index is -4.35. The van der Waals surface area contributed by atoms with Crippen molar-refractivity contribution in [3.63, 3.8) is 0 Å². The maximum Gasteiger partial charge on any atom is 0.416 e. The lowest BCUT2D eigenvalue weighted by Crippen LogP contribution is -2.49. The van der Waals surface area contributed by atoms with Crippen molar-refractivity contribution in [2.24, 2.45) is 0 Å². The normalized spacial score (nSPS) is 17.2. The fourth-order valence-electron chi connectivity index (χ4n) is 3.99. The lowest BCUT2D eigenvalue weighted by molar-refractivity contribution is -0.137. The molecule has 4 nitrogen and oxygen atoms in total. The van der Waals surface area contributed by atoms with E-state index in [0.717, 1.165) is 61.3 Å². The van der Waals surface area contributed by atoms with E-state index in [1.54, 1.807) is 6.07 Å². The van der Waals surface area contributed by atoms with E-state index in [1.165, 1.54) is 23.9 Å². The summed E-state index contributed by atoms with van der Waals surface area (Å²) in [6.45, 7) is 7.79. The smallest absolute Gasteiger partial charge is 0.379 e. The van der Waals surface area contributed by atoms with Gasteiger partial charge in [-0.25, -0.2) is 10.0 Å². The first-order valence-electron chi connectivity index (χ1n) is 10.3. The van der Waals surface area contributed by atoms with Gasteiger partial charge in [0.25, 0.3) is 0 Å². The zero-order valence-corrected chi connectivity index (χ0v) is 17.8. The van der Waals surface area contributed by atoms with Crippen molar-refractivity contribution in [2.75, 3.05) is 50.8 Å². The summed E-state index contributed by atoms with van der Waals surface area (Å²) in [6, 6.07) is 12.0. The second-order valence-corrected chi connectivity index (χ2v) is 8.45. The maximum atomic E-state index is 13.3.